The minimum atomic E-state index is 0.159. The maximum Gasteiger partial charge on any atom is 0.227 e. The number of methoxy groups -OCH3 is 1. The van der Waals surface area contributed by atoms with Gasteiger partial charge >= 0.3 is 0 Å². The highest BCUT2D eigenvalue weighted by molar-refractivity contribution is 9.10. The van der Waals surface area contributed by atoms with Crippen LogP contribution in [0.3, 0.4) is 0 Å². The Bertz CT molecular complexity index is 832. The second-order valence-electron chi connectivity index (χ2n) is 7.32. The monoisotopic (exact) mass is 429 g/mol. The molecule has 1 aliphatic heterocycles. The number of hydrogen-bond acceptors (Lipinski definition) is 3. The number of hydrogen-bond donors (Lipinski definition) is 0. The minimum absolute atomic E-state index is 0.159. The minimum Gasteiger partial charge on any atom is -0.493 e. The number of anilines is 1. The normalized spacial score (nSPS) is 20.3. The zero-order chi connectivity index (χ0) is 18.8. The van der Waals surface area contributed by atoms with Crippen molar-refractivity contribution >= 4 is 27.5 Å². The van der Waals surface area contributed by atoms with Crippen molar-refractivity contribution in [3.63, 3.8) is 0 Å². The van der Waals surface area contributed by atoms with Crippen molar-refractivity contribution in [2.24, 2.45) is 0 Å². The lowest BCUT2D eigenvalue weighted by molar-refractivity contribution is -0.117. The smallest absolute Gasteiger partial charge is 0.227 e. The molecule has 5 heteroatoms. The molecule has 2 aliphatic rings. The highest BCUT2D eigenvalue weighted by Crippen LogP contribution is 2.38. The van der Waals surface area contributed by atoms with Crippen molar-refractivity contribution in [2.45, 2.75) is 44.1 Å². The fraction of sp³-hybridized carbons (Fsp3) is 0.409. The maximum atomic E-state index is 12.6. The molecule has 0 aromatic heterocycles. The molecule has 4 rings (SSSR count). The van der Waals surface area contributed by atoms with Gasteiger partial charge in [0.2, 0.25) is 5.91 Å². The first-order valence-corrected chi connectivity index (χ1v) is 10.3. The molecule has 142 valence electrons. The molecule has 1 atom stereocenters. The molecule has 1 aliphatic carbocycles. The summed E-state index contributed by atoms with van der Waals surface area (Å²) in [7, 11) is 1.67. The van der Waals surface area contributed by atoms with Crippen LogP contribution < -0.4 is 14.4 Å². The Balaban J connectivity index is 1.55. The van der Waals surface area contributed by atoms with Gasteiger partial charge in [0.05, 0.1) is 13.2 Å². The van der Waals surface area contributed by atoms with Crippen LogP contribution in [0.4, 0.5) is 5.69 Å². The molecular weight excluding hydrogens is 406 g/mol. The molecule has 0 bridgehead atoms. The first kappa shape index (κ1) is 18.4. The van der Waals surface area contributed by atoms with E-state index >= 15 is 0 Å². The van der Waals surface area contributed by atoms with Crippen LogP contribution in [0.1, 0.15) is 43.6 Å². The van der Waals surface area contributed by atoms with Gasteiger partial charge in [-0.25, -0.2) is 0 Å². The Morgan fingerprint density at radius 1 is 1.07 bits per heavy atom. The van der Waals surface area contributed by atoms with E-state index in [-0.39, 0.29) is 17.9 Å². The molecule has 2 aromatic rings. The van der Waals surface area contributed by atoms with Gasteiger partial charge in [-0.3, -0.25) is 4.79 Å². The van der Waals surface area contributed by atoms with Crippen LogP contribution in [0.5, 0.6) is 11.5 Å². The fourth-order valence-corrected chi connectivity index (χ4v) is 4.44. The molecule has 0 N–H and O–H groups in total. The van der Waals surface area contributed by atoms with Crippen molar-refractivity contribution < 1.29 is 14.3 Å². The van der Waals surface area contributed by atoms with Gasteiger partial charge in [-0.15, -0.1) is 0 Å². The number of rotatable bonds is 5. The lowest BCUT2D eigenvalue weighted by Gasteiger charge is -2.19. The molecule has 27 heavy (non-hydrogen) atoms. The molecule has 2 aromatic carbocycles. The van der Waals surface area contributed by atoms with Crippen molar-refractivity contribution in [1.82, 2.24) is 0 Å². The Kier molecular flexibility index (Phi) is 5.39. The zero-order valence-electron chi connectivity index (χ0n) is 15.5. The highest BCUT2D eigenvalue weighted by Gasteiger charge is 2.32. The van der Waals surface area contributed by atoms with Crippen LogP contribution in [0.2, 0.25) is 0 Å². The number of halogens is 1. The molecule has 0 radical (unpaired) electrons. The van der Waals surface area contributed by atoms with Gasteiger partial charge < -0.3 is 14.4 Å². The number of benzene rings is 2. The number of carbonyl (C=O) groups is 1. The summed E-state index contributed by atoms with van der Waals surface area (Å²) in [5.41, 5.74) is 2.07. The third kappa shape index (κ3) is 3.98. The molecule has 2 fully saturated rings. The predicted octanol–water partition coefficient (Wildman–Crippen LogP) is 5.30. The van der Waals surface area contributed by atoms with Crippen molar-refractivity contribution in [3.8, 4) is 11.5 Å². The van der Waals surface area contributed by atoms with E-state index in [0.717, 1.165) is 40.1 Å². The van der Waals surface area contributed by atoms with Crippen LogP contribution in [-0.2, 0) is 4.79 Å². The maximum absolute atomic E-state index is 12.6. The first-order chi connectivity index (χ1) is 13.1. The Hall–Kier alpha value is -2.01. The van der Waals surface area contributed by atoms with Gasteiger partial charge in [0.25, 0.3) is 0 Å². The SMILES string of the molecule is COc1ccc(C2CC(=O)N(c3cccc(Br)c3)C2)cc1OC1CCCC1. The summed E-state index contributed by atoms with van der Waals surface area (Å²) >= 11 is 3.49. The van der Waals surface area contributed by atoms with Crippen LogP contribution >= 0.6 is 15.9 Å². The van der Waals surface area contributed by atoms with E-state index in [0.29, 0.717) is 13.0 Å². The van der Waals surface area contributed by atoms with Gasteiger partial charge in [0, 0.05) is 29.0 Å². The van der Waals surface area contributed by atoms with E-state index in [2.05, 4.69) is 28.1 Å². The summed E-state index contributed by atoms with van der Waals surface area (Å²) < 4.78 is 12.7. The zero-order valence-corrected chi connectivity index (χ0v) is 17.1. The Morgan fingerprint density at radius 3 is 2.63 bits per heavy atom. The lowest BCUT2D eigenvalue weighted by atomic mass is 9.98. The second-order valence-corrected chi connectivity index (χ2v) is 8.24. The molecule has 0 spiro atoms. The molecular formula is C22H24BrNO3. The second kappa shape index (κ2) is 7.93. The molecule has 4 nitrogen and oxygen atoms in total. The molecule has 1 heterocycles. The summed E-state index contributed by atoms with van der Waals surface area (Å²) in [6.07, 6.45) is 5.45. The van der Waals surface area contributed by atoms with Crippen molar-refractivity contribution in [2.75, 3.05) is 18.6 Å². The summed E-state index contributed by atoms with van der Waals surface area (Å²) in [4.78, 5) is 14.5. The largest absolute Gasteiger partial charge is 0.493 e. The summed E-state index contributed by atoms with van der Waals surface area (Å²) in [6.45, 7) is 0.685. The molecule has 1 unspecified atom stereocenters. The topological polar surface area (TPSA) is 38.8 Å². The predicted molar refractivity (Wildman–Crippen MR) is 110 cm³/mol. The number of ether oxygens (including phenoxy) is 2. The van der Waals surface area contributed by atoms with Crippen LogP contribution in [0.25, 0.3) is 0 Å². The van der Waals surface area contributed by atoms with E-state index < -0.39 is 0 Å². The average Bonchev–Trinajstić information content (AvgIpc) is 3.31. The van der Waals surface area contributed by atoms with Gasteiger partial charge in [-0.05, 0) is 61.6 Å². The van der Waals surface area contributed by atoms with Gasteiger partial charge in [0.15, 0.2) is 11.5 Å². The quantitative estimate of drug-likeness (QED) is 0.646. The average molecular weight is 430 g/mol. The highest BCUT2D eigenvalue weighted by atomic mass is 79.9. The summed E-state index contributed by atoms with van der Waals surface area (Å²) in [5, 5.41) is 0. The van der Waals surface area contributed by atoms with E-state index in [1.807, 2.05) is 35.2 Å². The van der Waals surface area contributed by atoms with E-state index in [9.17, 15) is 4.79 Å². The van der Waals surface area contributed by atoms with Gasteiger partial charge in [-0.1, -0.05) is 28.1 Å². The van der Waals surface area contributed by atoms with Crippen molar-refractivity contribution in [3.05, 3.63) is 52.5 Å². The number of amides is 1. The van der Waals surface area contributed by atoms with Gasteiger partial charge in [-0.2, -0.15) is 0 Å². The summed E-state index contributed by atoms with van der Waals surface area (Å²) in [5.74, 6) is 1.88. The van der Waals surface area contributed by atoms with Gasteiger partial charge in [0.1, 0.15) is 0 Å². The fourth-order valence-electron chi connectivity index (χ4n) is 4.05. The molecule has 1 saturated carbocycles. The van der Waals surface area contributed by atoms with Crippen LogP contribution in [-0.4, -0.2) is 25.7 Å². The van der Waals surface area contributed by atoms with Crippen molar-refractivity contribution in [1.29, 1.82) is 0 Å². The number of carbonyl (C=O) groups excluding carboxylic acids is 1. The first-order valence-electron chi connectivity index (χ1n) is 9.54. The standard InChI is InChI=1S/C22H24BrNO3/c1-26-20-10-9-15(11-21(20)27-19-7-2-3-8-19)16-12-22(25)24(14-16)18-6-4-5-17(23)13-18/h4-6,9-11,13,16,19H,2-3,7-8,12,14H2,1H3. The third-order valence-corrected chi connectivity index (χ3v) is 5.99. The van der Waals surface area contributed by atoms with Crippen LogP contribution in [0, 0.1) is 0 Å². The molecule has 1 saturated heterocycles. The molecule has 1 amide bonds. The number of nitrogens with zero attached hydrogens (tertiary/aromatic N) is 1. The van der Waals surface area contributed by atoms with Crippen LogP contribution in [0.15, 0.2) is 46.9 Å². The third-order valence-electron chi connectivity index (χ3n) is 5.50. The van der Waals surface area contributed by atoms with E-state index in [1.165, 1.54) is 12.8 Å². The van der Waals surface area contributed by atoms with E-state index in [1.54, 1.807) is 7.11 Å². The lowest BCUT2D eigenvalue weighted by Crippen LogP contribution is -2.24. The Morgan fingerprint density at radius 2 is 1.89 bits per heavy atom. The Labute approximate surface area is 168 Å². The summed E-state index contributed by atoms with van der Waals surface area (Å²) in [6, 6.07) is 14.0. The van der Waals surface area contributed by atoms with E-state index in [4.69, 9.17) is 9.47 Å².